The molecule has 0 fully saturated rings. The third kappa shape index (κ3) is 5.42. The van der Waals surface area contributed by atoms with E-state index >= 15 is 0 Å². The third-order valence-electron chi connectivity index (χ3n) is 2.66. The second kappa shape index (κ2) is 9.12. The van der Waals surface area contributed by atoms with Crippen molar-refractivity contribution in [2.75, 3.05) is 24.1 Å². The van der Waals surface area contributed by atoms with Gasteiger partial charge >= 0.3 is 118 Å². The van der Waals surface area contributed by atoms with E-state index in [0.717, 1.165) is 30.4 Å². The summed E-state index contributed by atoms with van der Waals surface area (Å²) in [6.45, 7) is 9.02. The first-order valence-electron chi connectivity index (χ1n) is 6.80. The number of nitrogens with one attached hydrogen (secondary N) is 2. The fourth-order valence-electron chi connectivity index (χ4n) is 1.85. The molecule has 0 aromatic rings. The predicted octanol–water partition coefficient (Wildman–Crippen LogP) is 2.03. The Morgan fingerprint density at radius 2 is 2.33 bits per heavy atom. The molecule has 18 heavy (non-hydrogen) atoms. The molecule has 1 aliphatic rings. The molecule has 1 rings (SSSR count). The SMILES string of the molecule is CCCO[C@H](O)I(C[C@H](C)NCC)C1=CCCN1. The van der Waals surface area contributed by atoms with Crippen LogP contribution in [0.25, 0.3) is 0 Å². The Balaban J connectivity index is 2.56. The van der Waals surface area contributed by atoms with E-state index in [1.54, 1.807) is 0 Å². The molecule has 0 unspecified atom stereocenters. The van der Waals surface area contributed by atoms with E-state index in [9.17, 15) is 5.11 Å². The fourth-order valence-corrected chi connectivity index (χ4v) is 7.39. The van der Waals surface area contributed by atoms with Crippen LogP contribution in [0.1, 0.15) is 33.6 Å². The summed E-state index contributed by atoms with van der Waals surface area (Å²) in [4.78, 5) is 0. The first-order chi connectivity index (χ1) is 8.69. The molecule has 0 aliphatic carbocycles. The van der Waals surface area contributed by atoms with Crippen molar-refractivity contribution in [2.24, 2.45) is 0 Å². The Hall–Kier alpha value is 0.150. The van der Waals surface area contributed by atoms with Gasteiger partial charge in [0.15, 0.2) is 0 Å². The van der Waals surface area contributed by atoms with Crippen LogP contribution in [0, 0.1) is 0 Å². The molecule has 108 valence electrons. The number of hydrogen-bond donors (Lipinski definition) is 3. The van der Waals surface area contributed by atoms with E-state index < -0.39 is 24.1 Å². The molecule has 0 bridgehead atoms. The Kier molecular flexibility index (Phi) is 8.21. The zero-order valence-corrected chi connectivity index (χ0v) is 13.9. The monoisotopic (exact) mass is 370 g/mol. The summed E-state index contributed by atoms with van der Waals surface area (Å²) in [6.07, 6.45) is 4.29. The van der Waals surface area contributed by atoms with Gasteiger partial charge < -0.3 is 0 Å². The van der Waals surface area contributed by atoms with Gasteiger partial charge in [-0.2, -0.15) is 0 Å². The van der Waals surface area contributed by atoms with E-state index in [-0.39, 0.29) is 0 Å². The zero-order valence-electron chi connectivity index (χ0n) is 11.7. The van der Waals surface area contributed by atoms with Crippen molar-refractivity contribution in [1.82, 2.24) is 10.6 Å². The van der Waals surface area contributed by atoms with Gasteiger partial charge in [-0.1, -0.05) is 0 Å². The van der Waals surface area contributed by atoms with Crippen LogP contribution in [0.2, 0.25) is 0 Å². The van der Waals surface area contributed by atoms with Crippen LogP contribution >= 0.6 is 19.8 Å². The third-order valence-corrected chi connectivity index (χ3v) is 8.89. The summed E-state index contributed by atoms with van der Waals surface area (Å²) < 4.78 is 7.35. The van der Waals surface area contributed by atoms with Crippen molar-refractivity contribution in [3.05, 3.63) is 9.78 Å². The number of halogens is 1. The van der Waals surface area contributed by atoms with Crippen molar-refractivity contribution in [2.45, 2.75) is 44.0 Å². The van der Waals surface area contributed by atoms with Gasteiger partial charge in [0.2, 0.25) is 0 Å². The summed E-state index contributed by atoms with van der Waals surface area (Å²) in [7, 11) is 0. The Bertz CT molecular complexity index is 261. The molecule has 0 aromatic carbocycles. The quantitative estimate of drug-likeness (QED) is 0.252. The molecule has 0 saturated carbocycles. The summed E-state index contributed by atoms with van der Waals surface area (Å²) in [5.74, 6) is 0. The molecule has 0 amide bonds. The van der Waals surface area contributed by atoms with Crippen LogP contribution in [-0.2, 0) is 4.74 Å². The fraction of sp³-hybridized carbons (Fsp3) is 0.846. The van der Waals surface area contributed by atoms with E-state index in [0.29, 0.717) is 12.6 Å². The number of rotatable bonds is 9. The molecule has 2 atom stereocenters. The van der Waals surface area contributed by atoms with Crippen LogP contribution in [0.4, 0.5) is 0 Å². The molecule has 0 saturated heterocycles. The van der Waals surface area contributed by atoms with Gasteiger partial charge in [-0.15, -0.1) is 0 Å². The standard InChI is InChI=1S/C13H27IN2O2/c1-4-9-18-13(17)14(10-11(3)15-5-2)12-7-6-8-16-12/h7,11,13,15-17H,4-6,8-10H2,1-3H3/t11-,13-/m0/s1. The number of aliphatic hydroxyl groups is 1. The molecule has 1 heterocycles. The molecule has 0 spiro atoms. The molecular formula is C13H27IN2O2. The van der Waals surface area contributed by atoms with Crippen molar-refractivity contribution in [3.63, 3.8) is 0 Å². The first-order valence-corrected chi connectivity index (χ1v) is 10.6. The van der Waals surface area contributed by atoms with E-state index in [4.69, 9.17) is 4.74 Å². The van der Waals surface area contributed by atoms with Crippen molar-refractivity contribution in [3.8, 4) is 0 Å². The summed E-state index contributed by atoms with van der Waals surface area (Å²) in [6, 6.07) is 0.448. The molecule has 0 aromatic heterocycles. The number of aliphatic hydroxyl groups excluding tert-OH is 1. The summed E-state index contributed by atoms with van der Waals surface area (Å²) in [5, 5.41) is 17.1. The summed E-state index contributed by atoms with van der Waals surface area (Å²) in [5.41, 5.74) is 0. The van der Waals surface area contributed by atoms with Gasteiger partial charge in [0.05, 0.1) is 0 Å². The van der Waals surface area contributed by atoms with E-state index in [1.807, 2.05) is 0 Å². The molecule has 0 radical (unpaired) electrons. The van der Waals surface area contributed by atoms with E-state index in [1.165, 1.54) is 3.70 Å². The van der Waals surface area contributed by atoms with Crippen molar-refractivity contribution in [1.29, 1.82) is 0 Å². The molecule has 5 heteroatoms. The topological polar surface area (TPSA) is 53.5 Å². The van der Waals surface area contributed by atoms with Crippen LogP contribution in [0.15, 0.2) is 9.78 Å². The van der Waals surface area contributed by atoms with Crippen LogP contribution in [0.3, 0.4) is 0 Å². The van der Waals surface area contributed by atoms with Gasteiger partial charge in [-0.05, 0) is 0 Å². The average Bonchev–Trinajstić information content (AvgIpc) is 2.87. The Labute approximate surface area is 118 Å². The maximum absolute atomic E-state index is 10.3. The molecule has 3 N–H and O–H groups in total. The second-order valence-electron chi connectivity index (χ2n) is 4.44. The number of hydrogen-bond acceptors (Lipinski definition) is 4. The van der Waals surface area contributed by atoms with Gasteiger partial charge in [0.1, 0.15) is 0 Å². The van der Waals surface area contributed by atoms with Crippen LogP contribution in [-0.4, -0.2) is 39.6 Å². The minimum absolute atomic E-state index is 0.448. The van der Waals surface area contributed by atoms with Crippen LogP contribution in [0.5, 0.6) is 0 Å². The first kappa shape index (κ1) is 16.2. The number of alkyl halides is 2. The average molecular weight is 370 g/mol. The van der Waals surface area contributed by atoms with Crippen molar-refractivity contribution < 1.29 is 9.84 Å². The Morgan fingerprint density at radius 1 is 1.56 bits per heavy atom. The van der Waals surface area contributed by atoms with Gasteiger partial charge in [-0.25, -0.2) is 0 Å². The second-order valence-corrected chi connectivity index (χ2v) is 9.82. The molecule has 1 aliphatic heterocycles. The zero-order chi connectivity index (χ0) is 13.4. The minimum atomic E-state index is -1.68. The predicted molar refractivity (Wildman–Crippen MR) is 85.0 cm³/mol. The van der Waals surface area contributed by atoms with Crippen molar-refractivity contribution >= 4 is 19.8 Å². The summed E-state index contributed by atoms with van der Waals surface area (Å²) >= 11 is -1.68. The van der Waals surface area contributed by atoms with Gasteiger partial charge in [0, 0.05) is 0 Å². The Morgan fingerprint density at radius 3 is 2.89 bits per heavy atom. The molecular weight excluding hydrogens is 343 g/mol. The number of ether oxygens (including phenoxy) is 1. The van der Waals surface area contributed by atoms with Crippen LogP contribution < -0.4 is 10.6 Å². The maximum atomic E-state index is 10.3. The van der Waals surface area contributed by atoms with Gasteiger partial charge in [0.25, 0.3) is 0 Å². The van der Waals surface area contributed by atoms with E-state index in [2.05, 4.69) is 37.5 Å². The normalized spacial score (nSPS) is 19.1. The van der Waals surface area contributed by atoms with Gasteiger partial charge in [-0.3, -0.25) is 0 Å². The molecule has 4 nitrogen and oxygen atoms in total.